The summed E-state index contributed by atoms with van der Waals surface area (Å²) >= 11 is 0. The van der Waals surface area contributed by atoms with Crippen LogP contribution in [-0.4, -0.2) is 18.8 Å². The maximum absolute atomic E-state index is 10.2. The van der Waals surface area contributed by atoms with Gasteiger partial charge in [0.2, 0.25) is 0 Å². The van der Waals surface area contributed by atoms with Crippen LogP contribution in [0.2, 0.25) is 0 Å². The van der Waals surface area contributed by atoms with Gasteiger partial charge in [0.1, 0.15) is 6.61 Å². The van der Waals surface area contributed by atoms with Gasteiger partial charge in [-0.05, 0) is 41.3 Å². The quantitative estimate of drug-likeness (QED) is 0.580. The zero-order valence-corrected chi connectivity index (χ0v) is 16.4. The van der Waals surface area contributed by atoms with Crippen LogP contribution >= 0.6 is 0 Å². The minimum Gasteiger partial charge on any atom is -0.493 e. The van der Waals surface area contributed by atoms with Crippen LogP contribution in [0.5, 0.6) is 11.5 Å². The fraction of sp³-hybridized carbons (Fsp3) is 0.250. The summed E-state index contributed by atoms with van der Waals surface area (Å²) in [5.41, 5.74) is 4.34. The van der Waals surface area contributed by atoms with Crippen LogP contribution in [0.1, 0.15) is 28.4 Å². The van der Waals surface area contributed by atoms with E-state index in [0.29, 0.717) is 25.4 Å². The third-order valence-corrected chi connectivity index (χ3v) is 4.72. The molecule has 28 heavy (non-hydrogen) atoms. The molecule has 3 rings (SSSR count). The molecule has 1 unspecified atom stereocenters. The Kier molecular flexibility index (Phi) is 7.06. The van der Waals surface area contributed by atoms with E-state index in [1.807, 2.05) is 60.7 Å². The number of methoxy groups -OCH3 is 1. The smallest absolute Gasteiger partial charge is 0.161 e. The molecule has 1 atom stereocenters. The molecule has 0 saturated heterocycles. The Bertz CT molecular complexity index is 880. The molecular formula is C24H27NO3. The summed E-state index contributed by atoms with van der Waals surface area (Å²) in [4.78, 5) is 0. The van der Waals surface area contributed by atoms with E-state index < -0.39 is 6.10 Å². The lowest BCUT2D eigenvalue weighted by atomic mass is 10.1. The Morgan fingerprint density at radius 1 is 0.929 bits per heavy atom. The van der Waals surface area contributed by atoms with E-state index in [2.05, 4.69) is 24.4 Å². The summed E-state index contributed by atoms with van der Waals surface area (Å²) in [7, 11) is 1.65. The molecule has 3 aromatic rings. The summed E-state index contributed by atoms with van der Waals surface area (Å²) in [6.45, 7) is 3.70. The number of aliphatic hydroxyl groups is 1. The van der Waals surface area contributed by atoms with Crippen LogP contribution in [0, 0.1) is 6.92 Å². The number of benzene rings is 3. The van der Waals surface area contributed by atoms with Crippen LogP contribution < -0.4 is 14.8 Å². The van der Waals surface area contributed by atoms with Gasteiger partial charge in [0.05, 0.1) is 13.2 Å². The maximum atomic E-state index is 10.2. The van der Waals surface area contributed by atoms with Crippen molar-refractivity contribution >= 4 is 0 Å². The minimum atomic E-state index is -0.528. The van der Waals surface area contributed by atoms with Gasteiger partial charge in [-0.15, -0.1) is 0 Å². The fourth-order valence-corrected chi connectivity index (χ4v) is 3.02. The van der Waals surface area contributed by atoms with Gasteiger partial charge in [0.15, 0.2) is 11.5 Å². The minimum absolute atomic E-state index is 0.484. The summed E-state index contributed by atoms with van der Waals surface area (Å²) in [6.07, 6.45) is -0.528. The highest BCUT2D eigenvalue weighted by molar-refractivity contribution is 5.43. The van der Waals surface area contributed by atoms with E-state index in [1.54, 1.807) is 7.11 Å². The molecule has 0 fully saturated rings. The van der Waals surface area contributed by atoms with Crippen LogP contribution in [0.3, 0.4) is 0 Å². The number of rotatable bonds is 9. The molecule has 4 heteroatoms. The summed E-state index contributed by atoms with van der Waals surface area (Å²) in [5, 5.41) is 13.5. The molecular weight excluding hydrogens is 350 g/mol. The first-order valence-electron chi connectivity index (χ1n) is 9.45. The molecule has 146 valence electrons. The molecule has 0 aromatic heterocycles. The van der Waals surface area contributed by atoms with Crippen LogP contribution in [0.4, 0.5) is 0 Å². The number of hydrogen-bond acceptors (Lipinski definition) is 4. The SMILES string of the molecule is COc1cc(CNCC(O)c2ccccc2)ccc1OCc1ccccc1C. The lowest BCUT2D eigenvalue weighted by molar-refractivity contribution is 0.174. The van der Waals surface area contributed by atoms with Crippen molar-refractivity contribution in [1.82, 2.24) is 5.32 Å². The number of ether oxygens (including phenoxy) is 2. The molecule has 0 aliphatic rings. The fourth-order valence-electron chi connectivity index (χ4n) is 3.02. The highest BCUT2D eigenvalue weighted by Crippen LogP contribution is 2.29. The number of aliphatic hydroxyl groups excluding tert-OH is 1. The normalized spacial score (nSPS) is 11.8. The van der Waals surface area contributed by atoms with Crippen molar-refractivity contribution in [3.05, 3.63) is 95.1 Å². The Labute approximate surface area is 166 Å². The van der Waals surface area contributed by atoms with Gasteiger partial charge >= 0.3 is 0 Å². The summed E-state index contributed by atoms with van der Waals surface area (Å²) in [5.74, 6) is 1.43. The van der Waals surface area contributed by atoms with Gasteiger partial charge in [-0.2, -0.15) is 0 Å². The molecule has 0 amide bonds. The second kappa shape index (κ2) is 9.93. The van der Waals surface area contributed by atoms with E-state index in [0.717, 1.165) is 22.4 Å². The van der Waals surface area contributed by atoms with Crippen molar-refractivity contribution in [1.29, 1.82) is 0 Å². The van der Waals surface area contributed by atoms with Gasteiger partial charge in [-0.3, -0.25) is 0 Å². The van der Waals surface area contributed by atoms with E-state index in [-0.39, 0.29) is 0 Å². The topological polar surface area (TPSA) is 50.7 Å². The zero-order chi connectivity index (χ0) is 19.8. The van der Waals surface area contributed by atoms with Crippen molar-refractivity contribution in [3.63, 3.8) is 0 Å². The van der Waals surface area contributed by atoms with Crippen molar-refractivity contribution in [2.75, 3.05) is 13.7 Å². The molecule has 0 aliphatic carbocycles. The third kappa shape index (κ3) is 5.35. The Hall–Kier alpha value is -2.82. The molecule has 0 heterocycles. The Morgan fingerprint density at radius 2 is 1.68 bits per heavy atom. The molecule has 4 nitrogen and oxygen atoms in total. The average Bonchev–Trinajstić information content (AvgIpc) is 2.74. The monoisotopic (exact) mass is 377 g/mol. The number of nitrogens with one attached hydrogen (secondary N) is 1. The largest absolute Gasteiger partial charge is 0.493 e. The van der Waals surface area contributed by atoms with E-state index in [4.69, 9.17) is 9.47 Å². The molecule has 0 radical (unpaired) electrons. The lowest BCUT2D eigenvalue weighted by Crippen LogP contribution is -2.21. The highest BCUT2D eigenvalue weighted by Gasteiger charge is 2.09. The number of aryl methyl sites for hydroxylation is 1. The standard InChI is InChI=1S/C24H27NO3/c1-18-8-6-7-11-21(18)17-28-23-13-12-19(14-24(23)27-2)15-25-16-22(26)20-9-4-3-5-10-20/h3-14,22,25-26H,15-17H2,1-2H3. The predicted octanol–water partition coefficient (Wildman–Crippen LogP) is 4.41. The first-order chi connectivity index (χ1) is 13.7. The van der Waals surface area contributed by atoms with Crippen molar-refractivity contribution < 1.29 is 14.6 Å². The molecule has 0 aliphatic heterocycles. The van der Waals surface area contributed by atoms with Crippen LogP contribution in [0.15, 0.2) is 72.8 Å². The van der Waals surface area contributed by atoms with Gasteiger partial charge in [-0.1, -0.05) is 60.7 Å². The molecule has 0 bridgehead atoms. The molecule has 2 N–H and O–H groups in total. The summed E-state index contributed by atoms with van der Waals surface area (Å²) < 4.78 is 11.5. The van der Waals surface area contributed by atoms with Gasteiger partial charge in [-0.25, -0.2) is 0 Å². The average molecular weight is 377 g/mol. The van der Waals surface area contributed by atoms with Gasteiger partial charge < -0.3 is 19.9 Å². The van der Waals surface area contributed by atoms with E-state index in [1.165, 1.54) is 5.56 Å². The lowest BCUT2D eigenvalue weighted by Gasteiger charge is -2.15. The Morgan fingerprint density at radius 3 is 2.43 bits per heavy atom. The maximum Gasteiger partial charge on any atom is 0.161 e. The second-order valence-electron chi connectivity index (χ2n) is 6.76. The molecule has 0 saturated carbocycles. The summed E-state index contributed by atoms with van der Waals surface area (Å²) in [6, 6.07) is 23.8. The molecule has 3 aromatic carbocycles. The van der Waals surface area contributed by atoms with E-state index >= 15 is 0 Å². The Balaban J connectivity index is 1.56. The second-order valence-corrected chi connectivity index (χ2v) is 6.76. The predicted molar refractivity (Wildman–Crippen MR) is 112 cm³/mol. The molecule has 0 spiro atoms. The first kappa shape index (κ1) is 19.9. The number of hydrogen-bond donors (Lipinski definition) is 2. The first-order valence-corrected chi connectivity index (χ1v) is 9.45. The van der Waals surface area contributed by atoms with Crippen molar-refractivity contribution in [3.8, 4) is 11.5 Å². The van der Waals surface area contributed by atoms with Crippen molar-refractivity contribution in [2.24, 2.45) is 0 Å². The van der Waals surface area contributed by atoms with Gasteiger partial charge in [0, 0.05) is 13.1 Å². The zero-order valence-electron chi connectivity index (χ0n) is 16.4. The van der Waals surface area contributed by atoms with Crippen LogP contribution in [0.25, 0.3) is 0 Å². The van der Waals surface area contributed by atoms with Crippen molar-refractivity contribution in [2.45, 2.75) is 26.2 Å². The van der Waals surface area contributed by atoms with Crippen LogP contribution in [-0.2, 0) is 13.2 Å². The highest BCUT2D eigenvalue weighted by atomic mass is 16.5. The van der Waals surface area contributed by atoms with Gasteiger partial charge in [0.25, 0.3) is 0 Å². The van der Waals surface area contributed by atoms with E-state index in [9.17, 15) is 5.11 Å². The third-order valence-electron chi connectivity index (χ3n) is 4.72.